The Bertz CT molecular complexity index is 1780. The summed E-state index contributed by atoms with van der Waals surface area (Å²) < 4.78 is 32.1. The number of aliphatic hydroxyl groups excluding tert-OH is 1. The SMILES string of the molecule is C=C1C[C@@H](C/C=C/[C@@H](O)C/C(C)=C\CO[Si](c2ccccc2)(c2ccccc2)C(C)(C)C)O[C@@H](/C=C(\C)C[C@H](COCc2ccc(OC)cc2)O[Si](C)(C)C(C)(C)C)C1. The second-order valence-corrected chi connectivity index (χ2v) is 28.1. The quantitative estimate of drug-likeness (QED) is 0.0903. The van der Waals surface area contributed by atoms with E-state index in [9.17, 15) is 5.11 Å². The van der Waals surface area contributed by atoms with Crippen LogP contribution in [0.15, 0.2) is 133 Å². The molecule has 4 rings (SSSR count). The van der Waals surface area contributed by atoms with Crippen LogP contribution in [0.2, 0.25) is 23.2 Å². The molecule has 0 aromatic heterocycles. The minimum absolute atomic E-state index is 0.0114. The normalized spacial score (nSPS) is 18.6. The van der Waals surface area contributed by atoms with Crippen LogP contribution in [-0.2, 0) is 24.9 Å². The summed E-state index contributed by atoms with van der Waals surface area (Å²) in [5.74, 6) is 0.838. The molecule has 4 atom stereocenters. The highest BCUT2D eigenvalue weighted by Gasteiger charge is 2.50. The average Bonchev–Trinajstić information content (AvgIpc) is 3.16. The van der Waals surface area contributed by atoms with Crippen LogP contribution in [-0.4, -0.2) is 66.5 Å². The summed E-state index contributed by atoms with van der Waals surface area (Å²) in [4.78, 5) is 0. The molecule has 1 heterocycles. The number of aliphatic hydroxyl groups is 1. The molecule has 0 unspecified atom stereocenters. The fourth-order valence-corrected chi connectivity index (χ4v) is 13.5. The monoisotopic (exact) mass is 839 g/mol. The van der Waals surface area contributed by atoms with Crippen molar-refractivity contribution in [3.8, 4) is 5.75 Å². The van der Waals surface area contributed by atoms with Gasteiger partial charge in [-0.05, 0) is 97.2 Å². The number of methoxy groups -OCH3 is 1. The summed E-state index contributed by atoms with van der Waals surface area (Å²) in [7, 11) is -2.98. The number of hydrogen-bond acceptors (Lipinski definition) is 6. The molecule has 3 aromatic rings. The number of rotatable bonds is 20. The fourth-order valence-electron chi connectivity index (χ4n) is 7.71. The van der Waals surface area contributed by atoms with Crippen molar-refractivity contribution in [1.29, 1.82) is 0 Å². The fraction of sp³-hybridized carbons (Fsp3) is 0.490. The van der Waals surface area contributed by atoms with E-state index in [0.717, 1.165) is 42.6 Å². The van der Waals surface area contributed by atoms with Crippen LogP contribution < -0.4 is 15.1 Å². The zero-order valence-electron chi connectivity index (χ0n) is 38.1. The van der Waals surface area contributed by atoms with Crippen molar-refractivity contribution >= 4 is 27.0 Å². The largest absolute Gasteiger partial charge is 0.497 e. The number of hydrogen-bond donors (Lipinski definition) is 1. The van der Waals surface area contributed by atoms with Crippen molar-refractivity contribution in [1.82, 2.24) is 0 Å². The Balaban J connectivity index is 1.33. The summed E-state index contributed by atoms with van der Waals surface area (Å²) in [6, 6.07) is 29.4. The lowest BCUT2D eigenvalue weighted by Crippen LogP contribution is -2.66. The summed E-state index contributed by atoms with van der Waals surface area (Å²) in [5, 5.41) is 13.6. The van der Waals surface area contributed by atoms with Gasteiger partial charge < -0.3 is 28.2 Å². The van der Waals surface area contributed by atoms with Gasteiger partial charge in [-0.15, -0.1) is 0 Å². The van der Waals surface area contributed by atoms with Gasteiger partial charge in [0, 0.05) is 0 Å². The van der Waals surface area contributed by atoms with Crippen molar-refractivity contribution in [3.63, 3.8) is 0 Å². The van der Waals surface area contributed by atoms with Crippen molar-refractivity contribution in [2.24, 2.45) is 0 Å². The molecule has 1 saturated heterocycles. The maximum atomic E-state index is 11.0. The van der Waals surface area contributed by atoms with Crippen LogP contribution in [0.3, 0.4) is 0 Å². The third kappa shape index (κ3) is 14.4. The maximum absolute atomic E-state index is 11.0. The lowest BCUT2D eigenvalue weighted by molar-refractivity contribution is -0.00452. The van der Waals surface area contributed by atoms with E-state index in [4.69, 9.17) is 23.1 Å². The Labute approximate surface area is 359 Å². The minimum atomic E-state index is -2.62. The number of ether oxygens (including phenoxy) is 3. The first kappa shape index (κ1) is 48.3. The van der Waals surface area contributed by atoms with E-state index in [1.54, 1.807) is 7.11 Å². The highest BCUT2D eigenvalue weighted by atomic mass is 28.4. The molecule has 0 saturated carbocycles. The Hall–Kier alpha value is -3.35. The highest BCUT2D eigenvalue weighted by molar-refractivity contribution is 6.99. The molecule has 0 aliphatic carbocycles. The zero-order chi connectivity index (χ0) is 43.3. The van der Waals surface area contributed by atoms with Crippen molar-refractivity contribution in [3.05, 3.63) is 138 Å². The predicted molar refractivity (Wildman–Crippen MR) is 252 cm³/mol. The van der Waals surface area contributed by atoms with Gasteiger partial charge in [-0.25, -0.2) is 0 Å². The standard InChI is InChI=1S/C51H74O6Si2/c1-39(30-31-55-59(51(7,8)9,48-22-15-13-16-23-48)49-24-17-14-18-25-49)32-43(52)20-19-21-45-33-40(2)34-46(56-45)35-41(3)36-47(57-58(11,12)50(4,5)6)38-54-37-42-26-28-44(53-10)29-27-42/h13-20,22-30,35,43,45-47,52H,2,21,31-34,36-38H2,1,3-12H3/b20-19+,39-30-,41-35+/t43-,45-,46-,47-/m1/s1. The molecule has 0 bridgehead atoms. The molecule has 0 radical (unpaired) electrons. The van der Waals surface area contributed by atoms with E-state index in [2.05, 4.69) is 154 Å². The molecule has 322 valence electrons. The molecular formula is C51H74O6Si2. The predicted octanol–water partition coefficient (Wildman–Crippen LogP) is 11.3. The van der Waals surface area contributed by atoms with Crippen LogP contribution in [0.4, 0.5) is 0 Å². The van der Waals surface area contributed by atoms with E-state index >= 15 is 0 Å². The van der Waals surface area contributed by atoms with Crippen LogP contribution >= 0.6 is 0 Å². The van der Waals surface area contributed by atoms with Crippen LogP contribution in [0.5, 0.6) is 5.75 Å². The number of benzene rings is 3. The lowest BCUT2D eigenvalue weighted by Gasteiger charge is -2.42. The van der Waals surface area contributed by atoms with E-state index in [-0.39, 0.29) is 28.4 Å². The van der Waals surface area contributed by atoms with E-state index in [0.29, 0.717) is 26.2 Å². The van der Waals surface area contributed by atoms with Gasteiger partial charge in [0.05, 0.1) is 51.3 Å². The van der Waals surface area contributed by atoms with Gasteiger partial charge in [0.15, 0.2) is 8.32 Å². The Kier molecular flexibility index (Phi) is 18.0. The maximum Gasteiger partial charge on any atom is 0.261 e. The zero-order valence-corrected chi connectivity index (χ0v) is 40.1. The molecule has 1 N–H and O–H groups in total. The molecule has 59 heavy (non-hydrogen) atoms. The third-order valence-corrected chi connectivity index (χ3v) is 21.4. The van der Waals surface area contributed by atoms with Gasteiger partial charge in [0.2, 0.25) is 0 Å². The van der Waals surface area contributed by atoms with Crippen LogP contribution in [0.25, 0.3) is 0 Å². The van der Waals surface area contributed by atoms with Crippen molar-refractivity contribution in [2.75, 3.05) is 20.3 Å². The van der Waals surface area contributed by atoms with Gasteiger partial charge in [-0.1, -0.05) is 162 Å². The average molecular weight is 839 g/mol. The molecule has 6 nitrogen and oxygen atoms in total. The van der Waals surface area contributed by atoms with Crippen LogP contribution in [0.1, 0.15) is 93.1 Å². The van der Waals surface area contributed by atoms with E-state index < -0.39 is 22.7 Å². The van der Waals surface area contributed by atoms with E-state index in [1.807, 2.05) is 30.3 Å². The van der Waals surface area contributed by atoms with Gasteiger partial charge in [0.25, 0.3) is 8.32 Å². The molecule has 1 fully saturated rings. The summed E-state index contributed by atoms with van der Waals surface area (Å²) in [6.07, 6.45) is 11.3. The summed E-state index contributed by atoms with van der Waals surface area (Å²) in [6.45, 7) is 28.5. The van der Waals surface area contributed by atoms with Crippen molar-refractivity contribution in [2.45, 2.75) is 142 Å². The van der Waals surface area contributed by atoms with Gasteiger partial charge in [-0.3, -0.25) is 0 Å². The molecule has 1 aliphatic heterocycles. The molecule has 0 amide bonds. The van der Waals surface area contributed by atoms with E-state index in [1.165, 1.54) is 21.5 Å². The first-order valence-electron chi connectivity index (χ1n) is 21.5. The topological polar surface area (TPSA) is 66.4 Å². The van der Waals surface area contributed by atoms with Gasteiger partial charge in [-0.2, -0.15) is 0 Å². The molecular weight excluding hydrogens is 765 g/mol. The molecule has 3 aromatic carbocycles. The first-order chi connectivity index (χ1) is 27.8. The Morgan fingerprint density at radius 2 is 1.46 bits per heavy atom. The van der Waals surface area contributed by atoms with Crippen molar-refractivity contribution < 1.29 is 28.2 Å². The lowest BCUT2D eigenvalue weighted by atomic mass is 9.95. The minimum Gasteiger partial charge on any atom is -0.497 e. The first-order valence-corrected chi connectivity index (χ1v) is 26.3. The van der Waals surface area contributed by atoms with Gasteiger partial charge >= 0.3 is 0 Å². The second kappa shape index (κ2) is 22.0. The summed E-state index contributed by atoms with van der Waals surface area (Å²) in [5.41, 5.74) is 4.63. The van der Waals surface area contributed by atoms with Gasteiger partial charge in [0.1, 0.15) is 5.75 Å². The Morgan fingerprint density at radius 1 is 0.847 bits per heavy atom. The third-order valence-electron chi connectivity index (χ3n) is 11.8. The Morgan fingerprint density at radius 3 is 2.02 bits per heavy atom. The molecule has 0 spiro atoms. The molecule has 8 heteroatoms. The smallest absolute Gasteiger partial charge is 0.261 e. The van der Waals surface area contributed by atoms with Crippen LogP contribution in [0, 0.1) is 0 Å². The molecule has 1 aliphatic rings. The second-order valence-electron chi connectivity index (χ2n) is 19.0. The summed E-state index contributed by atoms with van der Waals surface area (Å²) >= 11 is 0. The highest BCUT2D eigenvalue weighted by Crippen LogP contribution is 2.39.